The molecular formula is C26H35N5O4S. The lowest BCUT2D eigenvalue weighted by molar-refractivity contribution is 0.284. The molecule has 1 aliphatic rings. The van der Waals surface area contributed by atoms with E-state index in [4.69, 9.17) is 14.5 Å². The van der Waals surface area contributed by atoms with Gasteiger partial charge in [-0.05, 0) is 61.8 Å². The molecule has 0 saturated heterocycles. The molecule has 36 heavy (non-hydrogen) atoms. The monoisotopic (exact) mass is 513 g/mol. The Balaban J connectivity index is 1.29. The van der Waals surface area contributed by atoms with Gasteiger partial charge in [-0.2, -0.15) is 4.98 Å². The predicted octanol–water partition coefficient (Wildman–Crippen LogP) is 3.91. The third kappa shape index (κ3) is 5.99. The van der Waals surface area contributed by atoms with E-state index < -0.39 is 10.0 Å². The number of ether oxygens (including phenoxy) is 2. The standard InChI is InChI=1S/C26H35N5O4S/c1-31(2)25-21-7-5-6-8-22(21)29-26(30-25)27-16-18-9-11-19(12-10-18)17-28-36(32,33)20-13-14-23(34-3)24(15-20)35-4/h5-8,13-15,18-19,28H,9-12,16-17H2,1-4H3,(H,27,29,30)/t18-,19-. The third-order valence-electron chi connectivity index (χ3n) is 6.75. The molecular weight excluding hydrogens is 478 g/mol. The van der Waals surface area contributed by atoms with E-state index in [1.54, 1.807) is 6.07 Å². The lowest BCUT2D eigenvalue weighted by Crippen LogP contribution is -2.32. The van der Waals surface area contributed by atoms with Gasteiger partial charge in [0.15, 0.2) is 11.5 Å². The van der Waals surface area contributed by atoms with Crippen molar-refractivity contribution in [2.75, 3.05) is 51.6 Å². The first-order valence-corrected chi connectivity index (χ1v) is 13.7. The van der Waals surface area contributed by atoms with Gasteiger partial charge in [-0.15, -0.1) is 0 Å². The average molecular weight is 514 g/mol. The molecule has 0 spiro atoms. The number of aromatic nitrogens is 2. The molecule has 0 aliphatic heterocycles. The van der Waals surface area contributed by atoms with E-state index in [1.807, 2.05) is 43.3 Å². The fourth-order valence-corrected chi connectivity index (χ4v) is 5.78. The summed E-state index contributed by atoms with van der Waals surface area (Å²) in [5, 5.41) is 4.46. The van der Waals surface area contributed by atoms with Crippen molar-refractivity contribution < 1.29 is 17.9 Å². The van der Waals surface area contributed by atoms with Gasteiger partial charge in [0.05, 0.1) is 24.6 Å². The minimum atomic E-state index is -3.62. The first-order chi connectivity index (χ1) is 17.3. The second-order valence-corrected chi connectivity index (χ2v) is 11.2. The SMILES string of the molecule is COc1ccc(S(=O)(=O)NC[C@H]2CC[C@H](CNc3nc(N(C)C)c4ccccc4n3)CC2)cc1OC. The zero-order valence-corrected chi connectivity index (χ0v) is 22.1. The molecule has 1 heterocycles. The normalized spacial score (nSPS) is 18.1. The number of benzene rings is 2. The predicted molar refractivity (Wildman–Crippen MR) is 143 cm³/mol. The van der Waals surface area contributed by atoms with Crippen molar-refractivity contribution >= 4 is 32.7 Å². The van der Waals surface area contributed by atoms with E-state index in [9.17, 15) is 8.42 Å². The minimum absolute atomic E-state index is 0.172. The Bertz CT molecular complexity index is 1290. The quantitative estimate of drug-likeness (QED) is 0.420. The number of hydrogen-bond acceptors (Lipinski definition) is 8. The number of nitrogens with one attached hydrogen (secondary N) is 2. The van der Waals surface area contributed by atoms with E-state index in [0.717, 1.165) is 48.9 Å². The van der Waals surface area contributed by atoms with Crippen molar-refractivity contribution in [3.05, 3.63) is 42.5 Å². The molecule has 2 N–H and O–H groups in total. The Morgan fingerprint density at radius 2 is 1.58 bits per heavy atom. The number of methoxy groups -OCH3 is 2. The Morgan fingerprint density at radius 1 is 0.917 bits per heavy atom. The molecule has 0 amide bonds. The van der Waals surface area contributed by atoms with Crippen LogP contribution in [0.1, 0.15) is 25.7 Å². The van der Waals surface area contributed by atoms with Gasteiger partial charge in [0, 0.05) is 38.6 Å². The van der Waals surface area contributed by atoms with Crippen LogP contribution in [0.2, 0.25) is 0 Å². The second kappa shape index (κ2) is 11.3. The Hall–Kier alpha value is -3.11. The summed E-state index contributed by atoms with van der Waals surface area (Å²) in [7, 11) is 3.35. The molecule has 2 aromatic carbocycles. The Labute approximate surface area is 213 Å². The van der Waals surface area contributed by atoms with Crippen LogP contribution in [0.25, 0.3) is 10.9 Å². The van der Waals surface area contributed by atoms with E-state index in [1.165, 1.54) is 26.4 Å². The molecule has 1 saturated carbocycles. The van der Waals surface area contributed by atoms with Crippen molar-refractivity contribution in [2.45, 2.75) is 30.6 Å². The van der Waals surface area contributed by atoms with E-state index in [2.05, 4.69) is 15.0 Å². The van der Waals surface area contributed by atoms with Gasteiger partial charge in [0.2, 0.25) is 16.0 Å². The third-order valence-corrected chi connectivity index (χ3v) is 8.17. The van der Waals surface area contributed by atoms with E-state index in [0.29, 0.717) is 35.8 Å². The minimum Gasteiger partial charge on any atom is -0.493 e. The lowest BCUT2D eigenvalue weighted by atomic mass is 9.82. The molecule has 3 aromatic rings. The van der Waals surface area contributed by atoms with Crippen molar-refractivity contribution in [1.29, 1.82) is 0 Å². The number of anilines is 2. The van der Waals surface area contributed by atoms with Crippen LogP contribution in [0.5, 0.6) is 11.5 Å². The molecule has 9 nitrogen and oxygen atoms in total. The summed E-state index contributed by atoms with van der Waals surface area (Å²) in [5.74, 6) is 3.24. The summed E-state index contributed by atoms with van der Waals surface area (Å²) in [6, 6.07) is 12.6. The van der Waals surface area contributed by atoms with Gasteiger partial charge in [-0.1, -0.05) is 12.1 Å². The maximum Gasteiger partial charge on any atom is 0.240 e. The van der Waals surface area contributed by atoms with Gasteiger partial charge in [0.25, 0.3) is 0 Å². The number of nitrogens with zero attached hydrogens (tertiary/aromatic N) is 3. The number of hydrogen-bond donors (Lipinski definition) is 2. The highest BCUT2D eigenvalue weighted by Crippen LogP contribution is 2.31. The average Bonchev–Trinajstić information content (AvgIpc) is 2.90. The topological polar surface area (TPSA) is 106 Å². The number of sulfonamides is 1. The zero-order valence-electron chi connectivity index (χ0n) is 21.3. The summed E-state index contributed by atoms with van der Waals surface area (Å²) < 4.78 is 38.8. The first-order valence-electron chi connectivity index (χ1n) is 12.2. The summed E-state index contributed by atoms with van der Waals surface area (Å²) in [5.41, 5.74) is 0.921. The molecule has 1 aliphatic carbocycles. The molecule has 1 fully saturated rings. The molecule has 0 bridgehead atoms. The fraction of sp³-hybridized carbons (Fsp3) is 0.462. The van der Waals surface area contributed by atoms with Crippen LogP contribution in [0, 0.1) is 11.8 Å². The highest BCUT2D eigenvalue weighted by Gasteiger charge is 2.24. The van der Waals surface area contributed by atoms with Crippen molar-refractivity contribution in [2.24, 2.45) is 11.8 Å². The van der Waals surface area contributed by atoms with Crippen LogP contribution in [-0.4, -0.2) is 59.8 Å². The van der Waals surface area contributed by atoms with Crippen LogP contribution in [-0.2, 0) is 10.0 Å². The van der Waals surface area contributed by atoms with Crippen molar-refractivity contribution in [3.63, 3.8) is 0 Å². The lowest BCUT2D eigenvalue weighted by Gasteiger charge is -2.28. The molecule has 1 aromatic heterocycles. The van der Waals surface area contributed by atoms with E-state index in [-0.39, 0.29) is 4.90 Å². The number of rotatable bonds is 10. The summed E-state index contributed by atoms with van der Waals surface area (Å²) in [6.45, 7) is 1.23. The van der Waals surface area contributed by atoms with Crippen LogP contribution in [0.3, 0.4) is 0 Å². The molecule has 194 valence electrons. The first kappa shape index (κ1) is 26.0. The number of fused-ring (bicyclic) bond motifs is 1. The highest BCUT2D eigenvalue weighted by molar-refractivity contribution is 7.89. The molecule has 0 unspecified atom stereocenters. The van der Waals surface area contributed by atoms with Gasteiger partial charge in [-0.3, -0.25) is 0 Å². The van der Waals surface area contributed by atoms with Crippen LogP contribution < -0.4 is 24.4 Å². The summed E-state index contributed by atoms with van der Waals surface area (Å²) in [4.78, 5) is 11.6. The number of para-hydroxylation sites is 1. The van der Waals surface area contributed by atoms with Crippen molar-refractivity contribution in [3.8, 4) is 11.5 Å². The summed E-state index contributed by atoms with van der Waals surface area (Å²) in [6.07, 6.45) is 4.01. The van der Waals surface area contributed by atoms with Gasteiger partial charge in [0.1, 0.15) is 5.82 Å². The van der Waals surface area contributed by atoms with Gasteiger partial charge < -0.3 is 19.7 Å². The van der Waals surface area contributed by atoms with Crippen LogP contribution in [0.4, 0.5) is 11.8 Å². The highest BCUT2D eigenvalue weighted by atomic mass is 32.2. The van der Waals surface area contributed by atoms with E-state index >= 15 is 0 Å². The second-order valence-electron chi connectivity index (χ2n) is 9.42. The Morgan fingerprint density at radius 3 is 2.25 bits per heavy atom. The van der Waals surface area contributed by atoms with Gasteiger partial charge in [-0.25, -0.2) is 18.1 Å². The fourth-order valence-electron chi connectivity index (χ4n) is 4.65. The maximum absolute atomic E-state index is 12.8. The molecule has 0 radical (unpaired) electrons. The Kier molecular flexibility index (Phi) is 8.15. The maximum atomic E-state index is 12.8. The molecule has 0 atom stereocenters. The van der Waals surface area contributed by atoms with Crippen molar-refractivity contribution in [1.82, 2.24) is 14.7 Å². The smallest absolute Gasteiger partial charge is 0.240 e. The van der Waals surface area contributed by atoms with Crippen LogP contribution >= 0.6 is 0 Å². The molecule has 4 rings (SSSR count). The summed E-state index contributed by atoms with van der Waals surface area (Å²) >= 11 is 0. The largest absolute Gasteiger partial charge is 0.493 e. The molecule has 10 heteroatoms. The van der Waals surface area contributed by atoms with Crippen LogP contribution in [0.15, 0.2) is 47.4 Å². The zero-order chi connectivity index (χ0) is 25.7. The van der Waals surface area contributed by atoms with Gasteiger partial charge >= 0.3 is 0 Å².